The molecule has 0 aromatic carbocycles. The molecule has 3 heteroatoms. The quantitative estimate of drug-likeness (QED) is 0.571. The third-order valence-corrected chi connectivity index (χ3v) is 9.83. The highest BCUT2D eigenvalue weighted by Gasteiger charge is 2.67. The number of alkyl halides is 2. The summed E-state index contributed by atoms with van der Waals surface area (Å²) in [7, 11) is 0. The molecule has 8 aliphatic carbocycles. The molecule has 1 nitrogen and oxygen atoms in total. The highest BCUT2D eigenvalue weighted by molar-refractivity contribution is 6.25. The van der Waals surface area contributed by atoms with Gasteiger partial charge in [-0.1, -0.05) is 0 Å². The first-order valence-corrected chi connectivity index (χ1v) is 11.0. The molecule has 8 bridgehead atoms. The molecule has 0 N–H and O–H groups in total. The third-order valence-electron chi connectivity index (χ3n) is 8.94. The van der Waals surface area contributed by atoms with E-state index in [9.17, 15) is 4.79 Å². The summed E-state index contributed by atoms with van der Waals surface area (Å²) in [4.78, 5) is 14.0. The smallest absolute Gasteiger partial charge is 0.145 e. The van der Waals surface area contributed by atoms with E-state index < -0.39 is 0 Å². The van der Waals surface area contributed by atoms with Gasteiger partial charge in [0.15, 0.2) is 0 Å². The highest BCUT2D eigenvalue weighted by Crippen LogP contribution is 2.70. The molecule has 0 amide bonds. The van der Waals surface area contributed by atoms with Gasteiger partial charge in [-0.05, 0) is 101 Å². The number of hydrogen-bond acceptors (Lipinski definition) is 1. The van der Waals surface area contributed by atoms with Gasteiger partial charge in [0.05, 0.1) is 0 Å². The van der Waals surface area contributed by atoms with Crippen LogP contribution in [0.5, 0.6) is 0 Å². The second-order valence-corrected chi connectivity index (χ2v) is 12.7. The Morgan fingerprint density at radius 2 is 0.958 bits per heavy atom. The first-order chi connectivity index (χ1) is 11.3. The lowest BCUT2D eigenvalue weighted by molar-refractivity contribution is -0.166. The van der Waals surface area contributed by atoms with Gasteiger partial charge < -0.3 is 0 Å². The van der Waals surface area contributed by atoms with Gasteiger partial charge in [-0.25, -0.2) is 0 Å². The van der Waals surface area contributed by atoms with E-state index in [1.807, 2.05) is 0 Å². The van der Waals surface area contributed by atoms with Crippen LogP contribution < -0.4 is 0 Å². The van der Waals surface area contributed by atoms with Gasteiger partial charge in [-0.2, -0.15) is 0 Å². The second kappa shape index (κ2) is 4.38. The largest absolute Gasteiger partial charge is 0.298 e. The van der Waals surface area contributed by atoms with Crippen molar-refractivity contribution >= 4 is 29.0 Å². The molecule has 4 atom stereocenters. The number of halogens is 2. The molecular weight excluding hydrogens is 339 g/mol. The molecule has 8 rings (SSSR count). The number of rotatable bonds is 2. The average Bonchev–Trinajstić information content (AvgIpc) is 2.41. The van der Waals surface area contributed by atoms with Gasteiger partial charge in [-0.15, -0.1) is 23.2 Å². The summed E-state index contributed by atoms with van der Waals surface area (Å²) >= 11 is 14.0. The maximum Gasteiger partial charge on any atom is 0.145 e. The minimum Gasteiger partial charge on any atom is -0.298 e. The molecule has 0 aromatic heterocycles. The van der Waals surface area contributed by atoms with Gasteiger partial charge in [0, 0.05) is 20.6 Å². The van der Waals surface area contributed by atoms with Crippen LogP contribution in [0.3, 0.4) is 0 Å². The molecular formula is C21H28Cl2O. The Labute approximate surface area is 155 Å². The third kappa shape index (κ3) is 1.92. The number of ketones is 1. The van der Waals surface area contributed by atoms with Gasteiger partial charge >= 0.3 is 0 Å². The predicted octanol–water partition coefficient (Wildman–Crippen LogP) is 5.71. The van der Waals surface area contributed by atoms with Crippen LogP contribution in [0.1, 0.15) is 77.0 Å². The van der Waals surface area contributed by atoms with Crippen molar-refractivity contribution in [1.82, 2.24) is 0 Å². The van der Waals surface area contributed by atoms with Crippen molar-refractivity contribution in [3.8, 4) is 0 Å². The average molecular weight is 367 g/mol. The van der Waals surface area contributed by atoms with Crippen LogP contribution >= 0.6 is 23.2 Å². The summed E-state index contributed by atoms with van der Waals surface area (Å²) in [5.74, 6) is 3.49. The first kappa shape index (κ1) is 15.3. The molecule has 0 saturated heterocycles. The topological polar surface area (TPSA) is 17.1 Å². The molecule has 0 spiro atoms. The van der Waals surface area contributed by atoms with Crippen molar-refractivity contribution in [2.45, 2.75) is 86.8 Å². The van der Waals surface area contributed by atoms with Crippen molar-refractivity contribution in [1.29, 1.82) is 0 Å². The van der Waals surface area contributed by atoms with Crippen LogP contribution in [0.4, 0.5) is 0 Å². The van der Waals surface area contributed by atoms with E-state index in [1.54, 1.807) is 0 Å². The van der Waals surface area contributed by atoms with E-state index in [-0.39, 0.29) is 20.6 Å². The van der Waals surface area contributed by atoms with Crippen molar-refractivity contribution in [2.24, 2.45) is 34.5 Å². The summed E-state index contributed by atoms with van der Waals surface area (Å²) in [6, 6.07) is 0. The summed E-state index contributed by atoms with van der Waals surface area (Å²) in [5, 5.41) is 0. The SMILES string of the molecule is O=C(C12CC3CC(CC(Cl)(C3)C1)C2)C12CC3CC(CC(Cl)(C3)C1)C2. The van der Waals surface area contributed by atoms with Crippen LogP contribution in [0.25, 0.3) is 0 Å². The minimum atomic E-state index is -0.0786. The van der Waals surface area contributed by atoms with Crippen molar-refractivity contribution < 1.29 is 4.79 Å². The Bertz CT molecular complexity index is 545. The van der Waals surface area contributed by atoms with Gasteiger partial charge in [0.25, 0.3) is 0 Å². The molecule has 8 aliphatic rings. The van der Waals surface area contributed by atoms with Crippen molar-refractivity contribution in [3.63, 3.8) is 0 Å². The maximum atomic E-state index is 14.1. The van der Waals surface area contributed by atoms with Crippen LogP contribution in [-0.2, 0) is 4.79 Å². The molecule has 0 radical (unpaired) electrons. The van der Waals surface area contributed by atoms with Crippen LogP contribution in [0.2, 0.25) is 0 Å². The Hall–Kier alpha value is 0.250. The standard InChI is InChI=1S/C21H28Cl2O/c22-20-7-13-1-14(8-20)4-18(3-13,11-20)17(24)19-5-15-2-16(6-19)10-21(23,9-15)12-19/h13-16H,1-12H2. The summed E-state index contributed by atoms with van der Waals surface area (Å²) < 4.78 is 0. The number of Topliss-reactive ketones (excluding diaryl/α,β-unsaturated/α-hetero) is 1. The monoisotopic (exact) mass is 366 g/mol. The zero-order valence-corrected chi connectivity index (χ0v) is 16.0. The zero-order valence-electron chi connectivity index (χ0n) is 14.5. The molecule has 0 heterocycles. The Morgan fingerprint density at radius 3 is 1.25 bits per heavy atom. The van der Waals surface area contributed by atoms with E-state index in [0.29, 0.717) is 29.5 Å². The highest BCUT2D eigenvalue weighted by atomic mass is 35.5. The Balaban J connectivity index is 1.39. The van der Waals surface area contributed by atoms with Crippen molar-refractivity contribution in [3.05, 3.63) is 0 Å². The van der Waals surface area contributed by atoms with Crippen LogP contribution in [0, 0.1) is 34.5 Å². The van der Waals surface area contributed by atoms with Gasteiger partial charge in [-0.3, -0.25) is 4.79 Å². The molecule has 0 aromatic rings. The molecule has 0 aliphatic heterocycles. The maximum absolute atomic E-state index is 14.1. The normalized spacial score (nSPS) is 63.1. The fourth-order valence-corrected chi connectivity index (χ4v) is 10.8. The van der Waals surface area contributed by atoms with E-state index in [2.05, 4.69) is 0 Å². The fourth-order valence-electron chi connectivity index (χ4n) is 9.40. The second-order valence-electron chi connectivity index (χ2n) is 11.1. The van der Waals surface area contributed by atoms with Gasteiger partial charge in [0.2, 0.25) is 0 Å². The molecule has 8 saturated carbocycles. The lowest BCUT2D eigenvalue weighted by atomic mass is 9.41. The van der Waals surface area contributed by atoms with E-state index >= 15 is 0 Å². The number of carbonyl (C=O) groups is 1. The number of hydrogen-bond donors (Lipinski definition) is 0. The number of carbonyl (C=O) groups excluding carboxylic acids is 1. The van der Waals surface area contributed by atoms with E-state index in [1.165, 1.54) is 12.8 Å². The first-order valence-electron chi connectivity index (χ1n) is 10.2. The van der Waals surface area contributed by atoms with Crippen molar-refractivity contribution in [2.75, 3.05) is 0 Å². The van der Waals surface area contributed by atoms with E-state index in [0.717, 1.165) is 64.2 Å². The molecule has 24 heavy (non-hydrogen) atoms. The Morgan fingerprint density at radius 1 is 0.625 bits per heavy atom. The lowest BCUT2D eigenvalue weighted by Gasteiger charge is -2.65. The van der Waals surface area contributed by atoms with E-state index in [4.69, 9.17) is 23.2 Å². The minimum absolute atomic E-state index is 0.0549. The summed E-state index contributed by atoms with van der Waals surface area (Å²) in [6.45, 7) is 0. The molecule has 132 valence electrons. The van der Waals surface area contributed by atoms with Crippen LogP contribution in [0.15, 0.2) is 0 Å². The molecule has 4 unspecified atom stereocenters. The summed E-state index contributed by atoms with van der Waals surface area (Å²) in [6.07, 6.45) is 13.8. The van der Waals surface area contributed by atoms with Crippen LogP contribution in [-0.4, -0.2) is 15.5 Å². The molecule has 8 fully saturated rings. The lowest BCUT2D eigenvalue weighted by Crippen LogP contribution is -2.63. The van der Waals surface area contributed by atoms with Gasteiger partial charge in [0.1, 0.15) is 5.78 Å². The summed E-state index contributed by atoms with van der Waals surface area (Å²) in [5.41, 5.74) is -0.157. The predicted molar refractivity (Wildman–Crippen MR) is 96.4 cm³/mol. The zero-order chi connectivity index (χ0) is 16.4. The Kier molecular flexibility index (Phi) is 2.80. The fraction of sp³-hybridized carbons (Fsp3) is 0.952.